The van der Waals surface area contributed by atoms with Gasteiger partial charge in [0.1, 0.15) is 6.61 Å². The summed E-state index contributed by atoms with van der Waals surface area (Å²) in [5.74, 6) is -0.0169. The molecule has 0 unspecified atom stereocenters. The maximum Gasteiger partial charge on any atom is 0.190 e. The van der Waals surface area contributed by atoms with Crippen LogP contribution >= 0.6 is 0 Å². The van der Waals surface area contributed by atoms with Crippen molar-refractivity contribution in [3.05, 3.63) is 42.1 Å². The highest BCUT2D eigenvalue weighted by molar-refractivity contribution is 5.99. The molecule has 0 amide bonds. The number of ether oxygens (including phenoxy) is 1. The molecule has 1 aromatic carbocycles. The Morgan fingerprint density at radius 2 is 2.18 bits per heavy atom. The molecule has 1 aromatic heterocycles. The van der Waals surface area contributed by atoms with Crippen LogP contribution in [-0.4, -0.2) is 24.0 Å². The van der Waals surface area contributed by atoms with Crippen molar-refractivity contribution in [1.29, 1.82) is 0 Å². The zero-order valence-corrected chi connectivity index (χ0v) is 9.85. The minimum absolute atomic E-state index is 0.0169. The summed E-state index contributed by atoms with van der Waals surface area (Å²) < 4.78 is 5.23. The molecule has 0 aliphatic carbocycles. The Morgan fingerprint density at radius 3 is 3.00 bits per heavy atom. The maximum atomic E-state index is 11.8. The highest BCUT2D eigenvalue weighted by Crippen LogP contribution is 2.13. The normalized spacial score (nSPS) is 10.6. The number of aromatic nitrogens is 1. The summed E-state index contributed by atoms with van der Waals surface area (Å²) in [6.45, 7) is 2.77. The number of carbonyl (C=O) groups excluding carboxylic acids is 1. The second-order valence-corrected chi connectivity index (χ2v) is 3.89. The van der Waals surface area contributed by atoms with E-state index in [0.29, 0.717) is 12.2 Å². The first-order valence-corrected chi connectivity index (χ1v) is 5.77. The molecule has 0 saturated carbocycles. The van der Waals surface area contributed by atoms with Crippen molar-refractivity contribution >= 4 is 16.7 Å². The van der Waals surface area contributed by atoms with Crippen LogP contribution in [0.2, 0.25) is 0 Å². The summed E-state index contributed by atoms with van der Waals surface area (Å²) in [7, 11) is 0. The van der Waals surface area contributed by atoms with Gasteiger partial charge in [0.15, 0.2) is 5.78 Å². The van der Waals surface area contributed by atoms with Crippen molar-refractivity contribution in [1.82, 2.24) is 4.98 Å². The molecule has 0 fully saturated rings. The summed E-state index contributed by atoms with van der Waals surface area (Å²) in [5, 5.41) is 0.980. The molecule has 0 radical (unpaired) electrons. The number of benzene rings is 1. The van der Waals surface area contributed by atoms with E-state index in [1.807, 2.05) is 37.3 Å². The number of fused-ring (bicyclic) bond motifs is 1. The van der Waals surface area contributed by atoms with E-state index >= 15 is 0 Å². The summed E-state index contributed by atoms with van der Waals surface area (Å²) in [5.41, 5.74) is 1.51. The molecule has 3 nitrogen and oxygen atoms in total. The number of rotatable bonds is 5. The van der Waals surface area contributed by atoms with Gasteiger partial charge in [-0.25, -0.2) is 0 Å². The Hall–Kier alpha value is -1.74. The Morgan fingerprint density at radius 1 is 1.35 bits per heavy atom. The van der Waals surface area contributed by atoms with Gasteiger partial charge < -0.3 is 4.74 Å². The fraction of sp³-hybridized carbons (Fsp3) is 0.286. The quantitative estimate of drug-likeness (QED) is 0.584. The van der Waals surface area contributed by atoms with Crippen LogP contribution in [0.3, 0.4) is 0 Å². The van der Waals surface area contributed by atoms with Crippen LogP contribution in [0, 0.1) is 0 Å². The lowest BCUT2D eigenvalue weighted by Gasteiger charge is -2.03. The second-order valence-electron chi connectivity index (χ2n) is 3.89. The number of hydrogen-bond acceptors (Lipinski definition) is 3. The second kappa shape index (κ2) is 5.55. The van der Waals surface area contributed by atoms with Gasteiger partial charge in [-0.05, 0) is 18.6 Å². The monoisotopic (exact) mass is 229 g/mol. The van der Waals surface area contributed by atoms with Gasteiger partial charge in [0.2, 0.25) is 0 Å². The van der Waals surface area contributed by atoms with Gasteiger partial charge in [0.05, 0.1) is 5.52 Å². The van der Waals surface area contributed by atoms with E-state index in [9.17, 15) is 4.79 Å². The molecule has 0 saturated heterocycles. The molecule has 0 aliphatic heterocycles. The number of pyridine rings is 1. The maximum absolute atomic E-state index is 11.8. The van der Waals surface area contributed by atoms with Crippen molar-refractivity contribution in [2.45, 2.75) is 13.3 Å². The first kappa shape index (κ1) is 11.7. The average Bonchev–Trinajstić information content (AvgIpc) is 2.38. The minimum Gasteiger partial charge on any atom is -0.373 e. The first-order valence-electron chi connectivity index (χ1n) is 5.77. The molecular weight excluding hydrogens is 214 g/mol. The van der Waals surface area contributed by atoms with Crippen LogP contribution in [0.4, 0.5) is 0 Å². The largest absolute Gasteiger partial charge is 0.373 e. The third-order valence-electron chi connectivity index (χ3n) is 2.49. The molecule has 1 heterocycles. The van der Waals surface area contributed by atoms with Gasteiger partial charge >= 0.3 is 0 Å². The van der Waals surface area contributed by atoms with Crippen molar-refractivity contribution in [3.63, 3.8) is 0 Å². The van der Waals surface area contributed by atoms with Gasteiger partial charge in [-0.2, -0.15) is 0 Å². The Labute approximate surface area is 100 Å². The van der Waals surface area contributed by atoms with E-state index < -0.39 is 0 Å². The van der Waals surface area contributed by atoms with Gasteiger partial charge in [-0.15, -0.1) is 0 Å². The van der Waals surface area contributed by atoms with Crippen LogP contribution in [0.1, 0.15) is 23.7 Å². The Kier molecular flexibility index (Phi) is 3.83. The highest BCUT2D eigenvalue weighted by Gasteiger charge is 2.07. The first-order chi connectivity index (χ1) is 8.31. The van der Waals surface area contributed by atoms with Crippen LogP contribution in [-0.2, 0) is 4.74 Å². The van der Waals surface area contributed by atoms with Crippen LogP contribution < -0.4 is 0 Å². The van der Waals surface area contributed by atoms with Gasteiger partial charge in [0, 0.05) is 23.8 Å². The van der Waals surface area contributed by atoms with Crippen molar-refractivity contribution in [2.24, 2.45) is 0 Å². The van der Waals surface area contributed by atoms with Gasteiger partial charge in [0.25, 0.3) is 0 Å². The molecule has 0 bridgehead atoms. The van der Waals surface area contributed by atoms with Crippen LogP contribution in [0.5, 0.6) is 0 Å². The molecular formula is C14H15NO2. The molecule has 2 aromatic rings. The SMILES string of the molecule is CCCOCC(=O)c1cnc2ccccc2c1. The number of hydrogen-bond donors (Lipinski definition) is 0. The Bertz CT molecular complexity index is 522. The fourth-order valence-corrected chi connectivity index (χ4v) is 1.62. The summed E-state index contributed by atoms with van der Waals surface area (Å²) >= 11 is 0. The van der Waals surface area contributed by atoms with Crippen LogP contribution in [0.25, 0.3) is 10.9 Å². The van der Waals surface area contributed by atoms with Gasteiger partial charge in [-0.3, -0.25) is 9.78 Å². The van der Waals surface area contributed by atoms with E-state index in [1.54, 1.807) is 6.20 Å². The van der Waals surface area contributed by atoms with E-state index in [1.165, 1.54) is 0 Å². The fourth-order valence-electron chi connectivity index (χ4n) is 1.62. The minimum atomic E-state index is -0.0169. The number of carbonyl (C=O) groups is 1. The summed E-state index contributed by atoms with van der Waals surface area (Å²) in [6.07, 6.45) is 2.53. The van der Waals surface area contributed by atoms with E-state index in [4.69, 9.17) is 4.74 Å². The van der Waals surface area contributed by atoms with E-state index in [-0.39, 0.29) is 12.4 Å². The molecule has 2 rings (SSSR count). The molecule has 0 aliphatic rings. The lowest BCUT2D eigenvalue weighted by molar-refractivity contribution is 0.0761. The highest BCUT2D eigenvalue weighted by atomic mass is 16.5. The van der Waals surface area contributed by atoms with Crippen molar-refractivity contribution < 1.29 is 9.53 Å². The predicted octanol–water partition coefficient (Wildman–Crippen LogP) is 2.84. The molecule has 88 valence electrons. The zero-order chi connectivity index (χ0) is 12.1. The summed E-state index contributed by atoms with van der Waals surface area (Å²) in [4.78, 5) is 16.1. The lowest BCUT2D eigenvalue weighted by Crippen LogP contribution is -2.09. The molecule has 3 heteroatoms. The third kappa shape index (κ3) is 2.88. The molecule has 17 heavy (non-hydrogen) atoms. The zero-order valence-electron chi connectivity index (χ0n) is 9.85. The summed E-state index contributed by atoms with van der Waals surface area (Å²) in [6, 6.07) is 9.61. The molecule has 0 spiro atoms. The van der Waals surface area contributed by atoms with Crippen LogP contribution in [0.15, 0.2) is 36.5 Å². The standard InChI is InChI=1S/C14H15NO2/c1-2-7-17-10-14(16)12-8-11-5-3-4-6-13(11)15-9-12/h3-6,8-9H,2,7,10H2,1H3. The number of ketones is 1. The number of Topliss-reactive ketones (excluding diaryl/α,β-unsaturated/α-hetero) is 1. The van der Waals surface area contributed by atoms with E-state index in [2.05, 4.69) is 4.98 Å². The van der Waals surface area contributed by atoms with Gasteiger partial charge in [-0.1, -0.05) is 25.1 Å². The molecule has 0 atom stereocenters. The Balaban J connectivity index is 2.15. The average molecular weight is 229 g/mol. The van der Waals surface area contributed by atoms with Crippen molar-refractivity contribution in [3.8, 4) is 0 Å². The van der Waals surface area contributed by atoms with Crippen molar-refractivity contribution in [2.75, 3.05) is 13.2 Å². The molecule has 0 N–H and O–H groups in total. The number of para-hydroxylation sites is 1. The lowest BCUT2D eigenvalue weighted by atomic mass is 10.1. The smallest absolute Gasteiger partial charge is 0.190 e. The third-order valence-corrected chi connectivity index (χ3v) is 2.49. The predicted molar refractivity (Wildman–Crippen MR) is 67.2 cm³/mol. The van der Waals surface area contributed by atoms with E-state index in [0.717, 1.165) is 17.3 Å². The number of nitrogens with zero attached hydrogens (tertiary/aromatic N) is 1. The topological polar surface area (TPSA) is 39.2 Å².